The number of anilines is 2. The van der Waals surface area contributed by atoms with Gasteiger partial charge in [0.2, 0.25) is 5.95 Å². The fourth-order valence-electron chi connectivity index (χ4n) is 3.83. The minimum absolute atomic E-state index is 0.295. The topological polar surface area (TPSA) is 98.3 Å². The van der Waals surface area contributed by atoms with Crippen molar-refractivity contribution in [2.45, 2.75) is 52.6 Å². The number of nitrogens with one attached hydrogen (secondary N) is 2. The summed E-state index contributed by atoms with van der Waals surface area (Å²) in [5.41, 5.74) is 1.70. The van der Waals surface area contributed by atoms with E-state index in [1.54, 1.807) is 28.2 Å². The van der Waals surface area contributed by atoms with Gasteiger partial charge < -0.3 is 15.5 Å². The Morgan fingerprint density at radius 2 is 2.06 bits per heavy atom. The van der Waals surface area contributed by atoms with Gasteiger partial charge in [0.25, 0.3) is 5.91 Å². The van der Waals surface area contributed by atoms with Gasteiger partial charge in [0, 0.05) is 25.2 Å². The fraction of sp³-hybridized carbons (Fsp3) is 0.455. The number of amides is 1. The lowest BCUT2D eigenvalue weighted by molar-refractivity contribution is 0.102. The van der Waals surface area contributed by atoms with Gasteiger partial charge >= 0.3 is 0 Å². The average molecular weight is 440 g/mol. The van der Waals surface area contributed by atoms with Crippen LogP contribution >= 0.6 is 11.3 Å². The van der Waals surface area contributed by atoms with Crippen LogP contribution in [0.5, 0.6) is 0 Å². The molecule has 6 rings (SSSR count). The second-order valence-electron chi connectivity index (χ2n) is 6.83. The quantitative estimate of drug-likeness (QED) is 0.642. The molecule has 0 radical (unpaired) electrons. The molecule has 0 spiro atoms. The number of nitriles is 1. The molecule has 3 aromatic rings. The van der Waals surface area contributed by atoms with Crippen LogP contribution in [0.25, 0.3) is 5.52 Å². The summed E-state index contributed by atoms with van der Waals surface area (Å²) in [4.78, 5) is 20.0. The number of hydrogen-bond donors (Lipinski definition) is 2. The molecular formula is C22H29N7OS. The summed E-state index contributed by atoms with van der Waals surface area (Å²) in [6, 6.07) is 8.24. The highest BCUT2D eigenvalue weighted by atomic mass is 32.1. The summed E-state index contributed by atoms with van der Waals surface area (Å²) in [7, 11) is 0. The molecule has 3 aliphatic heterocycles. The Labute approximate surface area is 186 Å². The number of aromatic nitrogens is 3. The van der Waals surface area contributed by atoms with Gasteiger partial charge in [-0.3, -0.25) is 4.79 Å². The first kappa shape index (κ1) is 22.7. The van der Waals surface area contributed by atoms with Crippen LogP contribution in [-0.2, 0) is 0 Å². The largest absolute Gasteiger partial charge is 0.334 e. The van der Waals surface area contributed by atoms with E-state index in [2.05, 4.69) is 31.7 Å². The first-order valence-corrected chi connectivity index (χ1v) is 11.7. The van der Waals surface area contributed by atoms with E-state index in [4.69, 9.17) is 5.26 Å². The molecular weight excluding hydrogens is 410 g/mol. The number of piperazine rings is 1. The minimum Gasteiger partial charge on any atom is -0.334 e. The molecule has 164 valence electrons. The average Bonchev–Trinajstić information content (AvgIpc) is 3.48. The van der Waals surface area contributed by atoms with Gasteiger partial charge in [0.15, 0.2) is 0 Å². The summed E-state index contributed by atoms with van der Waals surface area (Å²) in [5, 5.41) is 21.9. The molecule has 2 N–H and O–H groups in total. The zero-order valence-corrected chi connectivity index (χ0v) is 19.2. The SMILES string of the molecule is CC.CC.N#Cc1sccc1NC(=O)c1ccc2cnc(N3CC4CCC3CN4)nn12. The van der Waals surface area contributed by atoms with Gasteiger partial charge in [-0.05, 0) is 36.4 Å². The van der Waals surface area contributed by atoms with Gasteiger partial charge in [0.05, 0.1) is 17.4 Å². The summed E-state index contributed by atoms with van der Waals surface area (Å²) >= 11 is 1.30. The van der Waals surface area contributed by atoms with Crippen molar-refractivity contribution < 1.29 is 4.79 Å². The second kappa shape index (κ2) is 10.4. The van der Waals surface area contributed by atoms with Gasteiger partial charge in [-0.1, -0.05) is 27.7 Å². The Balaban J connectivity index is 0.000000645. The van der Waals surface area contributed by atoms with Crippen molar-refractivity contribution in [3.63, 3.8) is 0 Å². The molecule has 1 amide bonds. The Kier molecular flexibility index (Phi) is 7.60. The highest BCUT2D eigenvalue weighted by molar-refractivity contribution is 7.11. The first-order chi connectivity index (χ1) is 15.2. The molecule has 3 fully saturated rings. The van der Waals surface area contributed by atoms with Crippen molar-refractivity contribution in [2.75, 3.05) is 23.3 Å². The van der Waals surface area contributed by atoms with Crippen LogP contribution in [-0.4, -0.2) is 45.7 Å². The summed E-state index contributed by atoms with van der Waals surface area (Å²) in [6.45, 7) is 9.83. The molecule has 8 nitrogen and oxygen atoms in total. The number of hydrogen-bond acceptors (Lipinski definition) is 7. The van der Waals surface area contributed by atoms with Crippen molar-refractivity contribution in [1.29, 1.82) is 5.26 Å². The number of fused-ring (bicyclic) bond motifs is 4. The Bertz CT molecular complexity index is 1060. The van der Waals surface area contributed by atoms with E-state index >= 15 is 0 Å². The smallest absolute Gasteiger partial charge is 0.274 e. The molecule has 9 heteroatoms. The van der Waals surface area contributed by atoms with Crippen LogP contribution in [0, 0.1) is 11.3 Å². The number of piperidine rings is 2. The summed E-state index contributed by atoms with van der Waals surface area (Å²) < 4.78 is 1.63. The molecule has 3 aliphatic rings. The summed E-state index contributed by atoms with van der Waals surface area (Å²) in [5.74, 6) is 0.355. The number of nitrogens with zero attached hydrogens (tertiary/aromatic N) is 5. The number of rotatable bonds is 3. The van der Waals surface area contributed by atoms with E-state index in [1.807, 2.05) is 33.8 Å². The molecule has 0 saturated carbocycles. The molecule has 0 aliphatic carbocycles. The van der Waals surface area contributed by atoms with Crippen LogP contribution < -0.4 is 15.5 Å². The van der Waals surface area contributed by atoms with Gasteiger partial charge in [-0.2, -0.15) is 5.26 Å². The highest BCUT2D eigenvalue weighted by Crippen LogP contribution is 2.26. The fourth-order valence-corrected chi connectivity index (χ4v) is 4.47. The Morgan fingerprint density at radius 1 is 1.26 bits per heavy atom. The van der Waals surface area contributed by atoms with E-state index in [-0.39, 0.29) is 5.91 Å². The first-order valence-electron chi connectivity index (χ1n) is 10.9. The lowest BCUT2D eigenvalue weighted by Crippen LogP contribution is -2.61. The molecule has 3 aromatic heterocycles. The Morgan fingerprint density at radius 3 is 2.71 bits per heavy atom. The van der Waals surface area contributed by atoms with E-state index in [1.165, 1.54) is 17.8 Å². The van der Waals surface area contributed by atoms with Gasteiger partial charge in [-0.25, -0.2) is 9.50 Å². The van der Waals surface area contributed by atoms with Crippen molar-refractivity contribution in [2.24, 2.45) is 0 Å². The molecule has 2 bridgehead atoms. The summed E-state index contributed by atoms with van der Waals surface area (Å²) in [6.07, 6.45) is 4.07. The van der Waals surface area contributed by atoms with Crippen molar-refractivity contribution in [3.05, 3.63) is 40.3 Å². The van der Waals surface area contributed by atoms with Crippen molar-refractivity contribution in [1.82, 2.24) is 19.9 Å². The predicted molar refractivity (Wildman–Crippen MR) is 125 cm³/mol. The minimum atomic E-state index is -0.295. The third kappa shape index (κ3) is 4.55. The molecule has 31 heavy (non-hydrogen) atoms. The van der Waals surface area contributed by atoms with Crippen LogP contribution in [0.4, 0.5) is 11.6 Å². The van der Waals surface area contributed by atoms with E-state index < -0.39 is 0 Å². The molecule has 2 atom stereocenters. The van der Waals surface area contributed by atoms with Crippen molar-refractivity contribution in [3.8, 4) is 6.07 Å². The highest BCUT2D eigenvalue weighted by Gasteiger charge is 2.35. The van der Waals surface area contributed by atoms with E-state index in [0.29, 0.717) is 34.3 Å². The Hall–Kier alpha value is -2.96. The van der Waals surface area contributed by atoms with Crippen LogP contribution in [0.3, 0.4) is 0 Å². The second-order valence-corrected chi connectivity index (χ2v) is 7.75. The van der Waals surface area contributed by atoms with E-state index in [0.717, 1.165) is 25.0 Å². The third-order valence-corrected chi connectivity index (χ3v) is 6.06. The predicted octanol–water partition coefficient (Wildman–Crippen LogP) is 3.91. The van der Waals surface area contributed by atoms with Crippen molar-refractivity contribution >= 4 is 34.4 Å². The maximum atomic E-state index is 12.7. The number of thiophene rings is 1. The lowest BCUT2D eigenvalue weighted by atomic mass is 9.93. The zero-order valence-electron chi connectivity index (χ0n) is 18.4. The molecule has 3 saturated heterocycles. The maximum Gasteiger partial charge on any atom is 0.274 e. The van der Waals surface area contributed by atoms with Gasteiger partial charge in [0.1, 0.15) is 16.6 Å². The van der Waals surface area contributed by atoms with Crippen LogP contribution in [0.15, 0.2) is 29.8 Å². The zero-order chi connectivity index (χ0) is 22.4. The molecule has 0 aromatic carbocycles. The monoisotopic (exact) mass is 439 g/mol. The standard InChI is InChI=1S/C18H17N7OS.2C2H6/c19-7-16-14(5-6-27-16)22-17(26)15-4-3-13-9-21-18(23-25(13)15)24-10-11-1-2-12(24)8-20-11;2*1-2/h3-6,9,11-12,20H,1-2,8,10H2,(H,22,26);2*1-2H3. The maximum absolute atomic E-state index is 12.7. The van der Waals surface area contributed by atoms with Crippen LogP contribution in [0.1, 0.15) is 55.9 Å². The third-order valence-electron chi connectivity index (χ3n) is 5.24. The normalized spacial score (nSPS) is 19.0. The molecule has 6 heterocycles. The number of carbonyl (C=O) groups excluding carboxylic acids is 1. The van der Waals surface area contributed by atoms with Gasteiger partial charge in [-0.15, -0.1) is 16.4 Å². The van der Waals surface area contributed by atoms with Crippen LogP contribution in [0.2, 0.25) is 0 Å². The number of carbonyl (C=O) groups is 1. The molecule has 2 unspecified atom stereocenters. The lowest BCUT2D eigenvalue weighted by Gasteiger charge is -2.45. The van der Waals surface area contributed by atoms with E-state index in [9.17, 15) is 4.79 Å².